The second kappa shape index (κ2) is 11.9. The van der Waals surface area contributed by atoms with Crippen molar-refractivity contribution >= 4 is 22.5 Å². The highest BCUT2D eigenvalue weighted by Crippen LogP contribution is 2.40. The van der Waals surface area contributed by atoms with Crippen molar-refractivity contribution in [3.63, 3.8) is 0 Å². The van der Waals surface area contributed by atoms with E-state index in [1.165, 1.54) is 23.6 Å². The average molecular weight is 631 g/mol. The summed E-state index contributed by atoms with van der Waals surface area (Å²) in [4.78, 5) is 13.0. The van der Waals surface area contributed by atoms with Crippen LogP contribution in [0.25, 0.3) is 21.7 Å². The molecular weight excluding hydrogens is 612 g/mol. The molecule has 1 unspecified atom stereocenters. The molecule has 0 radical (unpaired) electrons. The number of nitrogens with zero attached hydrogens (tertiary/aromatic N) is 2. The topological polar surface area (TPSA) is 68.8 Å². The van der Waals surface area contributed by atoms with E-state index >= 15 is 0 Å². The minimum Gasteiger partial charge on any atom is -0.611 e. The molecule has 0 aliphatic carbocycles. The molecule has 0 aliphatic heterocycles. The van der Waals surface area contributed by atoms with Gasteiger partial charge in [-0.25, -0.2) is 8.78 Å². The molecule has 0 saturated carbocycles. The maximum Gasteiger partial charge on any atom is 0.417 e. The van der Waals surface area contributed by atoms with E-state index in [-0.39, 0.29) is 32.2 Å². The number of nitriles is 1. The fourth-order valence-electron chi connectivity index (χ4n) is 4.15. The normalized spacial score (nSPS) is 12.8. The first kappa shape index (κ1) is 31.3. The second-order valence-electron chi connectivity index (χ2n) is 9.05. The van der Waals surface area contributed by atoms with Gasteiger partial charge in [-0.1, -0.05) is 13.0 Å². The lowest BCUT2D eigenvalue weighted by Gasteiger charge is -2.17. The van der Waals surface area contributed by atoms with E-state index in [9.17, 15) is 49.7 Å². The first-order valence-electron chi connectivity index (χ1n) is 12.0. The standard InChI is InChI=1S/C28H18F8N2O2S2/c1-2-5-42(40)20-7-16(6-18(9-20)27(31,32)33)17-8-25(41-14-17)24-11-22(28(34,35)36)21(12-37)26(39)38(24)13-15-3-4-19(29)10-23(15)30/h3-4,6-11,14H,2,5,13H2,1H3. The van der Waals surface area contributed by atoms with Gasteiger partial charge in [-0.15, -0.1) is 11.3 Å². The van der Waals surface area contributed by atoms with Crippen molar-refractivity contribution in [3.05, 3.63) is 98.2 Å². The van der Waals surface area contributed by atoms with Crippen LogP contribution in [0.15, 0.2) is 63.6 Å². The monoisotopic (exact) mass is 630 g/mol. The summed E-state index contributed by atoms with van der Waals surface area (Å²) in [5, 5.41) is 10.7. The predicted molar refractivity (Wildman–Crippen MR) is 141 cm³/mol. The van der Waals surface area contributed by atoms with Gasteiger partial charge in [-0.2, -0.15) is 31.6 Å². The third-order valence-corrected chi connectivity index (χ3v) is 8.63. The third-order valence-electron chi connectivity index (χ3n) is 6.13. The molecule has 4 rings (SSSR count). The molecule has 0 aliphatic rings. The summed E-state index contributed by atoms with van der Waals surface area (Å²) in [5.74, 6) is -1.92. The highest BCUT2D eigenvalue weighted by molar-refractivity contribution is 7.91. The van der Waals surface area contributed by atoms with Crippen LogP contribution in [0.5, 0.6) is 0 Å². The Bertz CT molecular complexity index is 1740. The Labute approximate surface area is 240 Å². The van der Waals surface area contributed by atoms with Gasteiger partial charge in [0.25, 0.3) is 5.56 Å². The Hall–Kier alpha value is -3.67. The van der Waals surface area contributed by atoms with Crippen LogP contribution in [0.2, 0.25) is 0 Å². The number of thiophene rings is 1. The lowest BCUT2D eigenvalue weighted by molar-refractivity contribution is -0.138. The zero-order valence-corrected chi connectivity index (χ0v) is 23.0. The highest BCUT2D eigenvalue weighted by Gasteiger charge is 2.37. The van der Waals surface area contributed by atoms with Crippen LogP contribution in [0, 0.1) is 23.0 Å². The first-order valence-corrected chi connectivity index (χ1v) is 14.2. The Morgan fingerprint density at radius 1 is 0.976 bits per heavy atom. The van der Waals surface area contributed by atoms with Gasteiger partial charge in [0.05, 0.1) is 28.2 Å². The Morgan fingerprint density at radius 3 is 2.29 bits per heavy atom. The number of hydrogen-bond donors (Lipinski definition) is 0. The van der Waals surface area contributed by atoms with Crippen molar-refractivity contribution in [3.8, 4) is 27.8 Å². The fraction of sp³-hybridized carbons (Fsp3) is 0.214. The van der Waals surface area contributed by atoms with Gasteiger partial charge in [0.2, 0.25) is 0 Å². The average Bonchev–Trinajstić information content (AvgIpc) is 3.40. The fourth-order valence-corrected chi connectivity index (χ4v) is 6.21. The molecule has 4 aromatic rings. The van der Waals surface area contributed by atoms with E-state index in [0.717, 1.165) is 35.6 Å². The summed E-state index contributed by atoms with van der Waals surface area (Å²) in [6, 6.07) is 8.27. The number of rotatable bonds is 7. The maximum absolute atomic E-state index is 14.5. The summed E-state index contributed by atoms with van der Waals surface area (Å²) >= 11 is -0.965. The van der Waals surface area contributed by atoms with Crippen molar-refractivity contribution < 1.29 is 39.7 Å². The number of benzene rings is 2. The molecule has 42 heavy (non-hydrogen) atoms. The summed E-state index contributed by atoms with van der Waals surface area (Å²) < 4.78 is 124. The molecule has 0 bridgehead atoms. The summed E-state index contributed by atoms with van der Waals surface area (Å²) in [6.07, 6.45) is -9.47. The molecule has 14 heteroatoms. The SMILES string of the molecule is CCC[S+]([O-])c1cc(-c2csc(-c3cc(C(F)(F)F)c(C#N)c(=O)n3Cc3ccc(F)cc3F)c2)cc(C(F)(F)F)c1. The predicted octanol–water partition coefficient (Wildman–Crippen LogP) is 8.00. The molecule has 0 amide bonds. The summed E-state index contributed by atoms with van der Waals surface area (Å²) in [7, 11) is 0. The molecule has 1 atom stereocenters. The van der Waals surface area contributed by atoms with Crippen LogP contribution in [0.4, 0.5) is 35.1 Å². The Kier molecular flexibility index (Phi) is 8.86. The maximum atomic E-state index is 14.5. The van der Waals surface area contributed by atoms with E-state index in [0.29, 0.717) is 23.1 Å². The van der Waals surface area contributed by atoms with Crippen molar-refractivity contribution in [1.29, 1.82) is 5.26 Å². The smallest absolute Gasteiger partial charge is 0.417 e. The van der Waals surface area contributed by atoms with Crippen molar-refractivity contribution in [1.82, 2.24) is 4.57 Å². The van der Waals surface area contributed by atoms with E-state index < -0.39 is 69.7 Å². The van der Waals surface area contributed by atoms with Crippen LogP contribution in [-0.2, 0) is 30.1 Å². The van der Waals surface area contributed by atoms with Crippen LogP contribution >= 0.6 is 11.3 Å². The first-order chi connectivity index (χ1) is 19.6. The minimum absolute atomic E-state index is 0.0186. The summed E-state index contributed by atoms with van der Waals surface area (Å²) in [6.45, 7) is 1.03. The second-order valence-corrected chi connectivity index (χ2v) is 11.5. The zero-order valence-electron chi connectivity index (χ0n) is 21.4. The quantitative estimate of drug-likeness (QED) is 0.154. The number of aromatic nitrogens is 1. The highest BCUT2D eigenvalue weighted by atomic mass is 32.2. The van der Waals surface area contributed by atoms with Gasteiger partial charge in [0.15, 0.2) is 4.90 Å². The molecule has 2 aromatic carbocycles. The van der Waals surface area contributed by atoms with E-state index in [4.69, 9.17) is 0 Å². The molecule has 4 nitrogen and oxygen atoms in total. The van der Waals surface area contributed by atoms with Crippen molar-refractivity contribution in [2.75, 3.05) is 5.75 Å². The zero-order chi connectivity index (χ0) is 31.0. The van der Waals surface area contributed by atoms with Gasteiger partial charge < -0.3 is 9.12 Å². The molecule has 0 fully saturated rings. The molecular formula is C28H18F8N2O2S2. The lowest BCUT2D eigenvalue weighted by atomic mass is 10.0. The van der Waals surface area contributed by atoms with Gasteiger partial charge in [-0.3, -0.25) is 4.79 Å². The lowest BCUT2D eigenvalue weighted by Crippen LogP contribution is -2.28. The molecule has 2 heterocycles. The van der Waals surface area contributed by atoms with Crippen LogP contribution in [0.1, 0.15) is 35.6 Å². The van der Waals surface area contributed by atoms with Crippen LogP contribution < -0.4 is 5.56 Å². The molecule has 0 saturated heterocycles. The van der Waals surface area contributed by atoms with Gasteiger partial charge >= 0.3 is 12.4 Å². The van der Waals surface area contributed by atoms with Crippen molar-refractivity contribution in [2.45, 2.75) is 37.1 Å². The van der Waals surface area contributed by atoms with E-state index in [1.54, 1.807) is 6.92 Å². The third kappa shape index (κ3) is 6.53. The van der Waals surface area contributed by atoms with Crippen LogP contribution in [0.3, 0.4) is 0 Å². The largest absolute Gasteiger partial charge is 0.611 e. The molecule has 0 N–H and O–H groups in total. The Balaban J connectivity index is 1.93. The van der Waals surface area contributed by atoms with Crippen LogP contribution in [-0.4, -0.2) is 14.9 Å². The number of halogens is 8. The van der Waals surface area contributed by atoms with Gasteiger partial charge in [0.1, 0.15) is 29.0 Å². The molecule has 0 spiro atoms. The summed E-state index contributed by atoms with van der Waals surface area (Å²) in [5.41, 5.74) is -5.81. The number of pyridine rings is 1. The van der Waals surface area contributed by atoms with E-state index in [1.807, 2.05) is 0 Å². The van der Waals surface area contributed by atoms with Crippen molar-refractivity contribution in [2.24, 2.45) is 0 Å². The van der Waals surface area contributed by atoms with Gasteiger partial charge in [0, 0.05) is 23.8 Å². The number of alkyl halides is 6. The van der Waals surface area contributed by atoms with Gasteiger partial charge in [-0.05, 0) is 58.4 Å². The van der Waals surface area contributed by atoms with E-state index in [2.05, 4.69) is 0 Å². The molecule has 2 aromatic heterocycles. The Morgan fingerprint density at radius 2 is 1.69 bits per heavy atom. The molecule has 220 valence electrons. The number of hydrogen-bond acceptors (Lipinski definition) is 4. The minimum atomic E-state index is -5.13.